The Morgan fingerprint density at radius 1 is 0.358 bits per heavy atom. The Balaban J connectivity index is 1.04. The quantitative estimate of drug-likeness (QED) is 0.178. The second-order valence-electron chi connectivity index (χ2n) is 13.8. The Hall–Kier alpha value is -6.68. The molecular formula is C50H31NOS. The van der Waals surface area contributed by atoms with E-state index in [2.05, 4.69) is 193 Å². The minimum Gasteiger partial charge on any atom is -0.455 e. The van der Waals surface area contributed by atoms with Crippen molar-refractivity contribution in [3.8, 4) is 22.3 Å². The average molecular weight is 694 g/mol. The van der Waals surface area contributed by atoms with Crippen LogP contribution in [0.1, 0.15) is 0 Å². The summed E-state index contributed by atoms with van der Waals surface area (Å²) in [6.07, 6.45) is 0. The van der Waals surface area contributed by atoms with Gasteiger partial charge in [-0.1, -0.05) is 121 Å². The van der Waals surface area contributed by atoms with Crippen molar-refractivity contribution in [1.82, 2.24) is 0 Å². The second kappa shape index (κ2) is 11.9. The summed E-state index contributed by atoms with van der Waals surface area (Å²) in [7, 11) is 0. The summed E-state index contributed by atoms with van der Waals surface area (Å²) >= 11 is 1.82. The van der Waals surface area contributed by atoms with Gasteiger partial charge in [0.05, 0.1) is 0 Å². The van der Waals surface area contributed by atoms with Gasteiger partial charge in [0.1, 0.15) is 11.2 Å². The number of hydrogen-bond donors (Lipinski definition) is 0. The summed E-state index contributed by atoms with van der Waals surface area (Å²) in [5.74, 6) is 0. The van der Waals surface area contributed by atoms with E-state index in [-0.39, 0.29) is 0 Å². The molecule has 0 bridgehead atoms. The lowest BCUT2D eigenvalue weighted by atomic mass is 10.0. The first-order valence-corrected chi connectivity index (χ1v) is 18.8. The number of benzene rings is 9. The van der Waals surface area contributed by atoms with Crippen LogP contribution < -0.4 is 4.90 Å². The zero-order valence-electron chi connectivity index (χ0n) is 28.7. The van der Waals surface area contributed by atoms with Gasteiger partial charge in [0.15, 0.2) is 0 Å². The molecule has 0 unspecified atom stereocenters. The van der Waals surface area contributed by atoms with Crippen LogP contribution in [0.15, 0.2) is 192 Å². The first kappa shape index (κ1) is 30.0. The second-order valence-corrected chi connectivity index (χ2v) is 14.8. The smallest absolute Gasteiger partial charge is 0.144 e. The van der Waals surface area contributed by atoms with Crippen LogP contribution in [0.3, 0.4) is 0 Å². The molecule has 0 aliphatic rings. The third-order valence-corrected chi connectivity index (χ3v) is 11.7. The average Bonchev–Trinajstić information content (AvgIpc) is 3.78. The SMILES string of the molecule is c1ccc(-c2ccc(N(c3ccc(-c4ccc5ccccc5c4)cc3)c3ccc4c(c3)sc3ccc5c6cc7ccccc7cc6oc5c34)cc2)cc1. The Kier molecular flexibility index (Phi) is 6.76. The van der Waals surface area contributed by atoms with Crippen molar-refractivity contribution in [3.05, 3.63) is 188 Å². The van der Waals surface area contributed by atoms with E-state index in [0.29, 0.717) is 0 Å². The molecule has 0 N–H and O–H groups in total. The van der Waals surface area contributed by atoms with Crippen LogP contribution in [-0.2, 0) is 0 Å². The standard InChI is InChI=1S/C50H31NOS/c1-2-8-32(9-3-1)34-16-20-40(21-17-34)51(41-22-18-35(19-23-41)39-15-14-33-10-4-5-11-36(33)28-39)42-24-25-44-48(31-42)53-47-27-26-43-45-29-37-12-6-7-13-38(37)30-46(45)52-50(43)49(44)47/h1-31H. The van der Waals surface area contributed by atoms with Gasteiger partial charge >= 0.3 is 0 Å². The summed E-state index contributed by atoms with van der Waals surface area (Å²) in [4.78, 5) is 2.37. The highest BCUT2D eigenvalue weighted by molar-refractivity contribution is 7.26. The lowest BCUT2D eigenvalue weighted by Gasteiger charge is -2.26. The lowest BCUT2D eigenvalue weighted by molar-refractivity contribution is 0.673. The van der Waals surface area contributed by atoms with Gasteiger partial charge < -0.3 is 9.32 Å². The van der Waals surface area contributed by atoms with Crippen molar-refractivity contribution in [2.45, 2.75) is 0 Å². The Morgan fingerprint density at radius 3 is 1.66 bits per heavy atom. The molecule has 0 spiro atoms. The summed E-state index contributed by atoms with van der Waals surface area (Å²) in [5.41, 5.74) is 10.0. The number of hydrogen-bond acceptors (Lipinski definition) is 3. The Labute approximate surface area is 310 Å². The number of furan rings is 1. The van der Waals surface area contributed by atoms with Crippen LogP contribution in [0.5, 0.6) is 0 Å². The highest BCUT2D eigenvalue weighted by Crippen LogP contribution is 2.45. The topological polar surface area (TPSA) is 16.4 Å². The lowest BCUT2D eigenvalue weighted by Crippen LogP contribution is -2.09. The van der Waals surface area contributed by atoms with Gasteiger partial charge in [0.2, 0.25) is 0 Å². The molecule has 0 saturated carbocycles. The molecule has 2 aromatic heterocycles. The number of anilines is 3. The number of fused-ring (bicyclic) bond motifs is 9. The van der Waals surface area contributed by atoms with E-state index in [4.69, 9.17) is 4.42 Å². The van der Waals surface area contributed by atoms with E-state index in [1.54, 1.807) is 0 Å². The molecule has 0 radical (unpaired) electrons. The van der Waals surface area contributed by atoms with Crippen LogP contribution in [0, 0.1) is 0 Å². The zero-order valence-corrected chi connectivity index (χ0v) is 29.5. The van der Waals surface area contributed by atoms with Crippen molar-refractivity contribution in [1.29, 1.82) is 0 Å². The number of thiophene rings is 1. The number of nitrogens with zero attached hydrogens (tertiary/aromatic N) is 1. The molecule has 0 fully saturated rings. The van der Waals surface area contributed by atoms with Gasteiger partial charge in [0.25, 0.3) is 0 Å². The highest BCUT2D eigenvalue weighted by Gasteiger charge is 2.19. The van der Waals surface area contributed by atoms with Crippen molar-refractivity contribution < 1.29 is 4.42 Å². The Morgan fingerprint density at radius 2 is 0.925 bits per heavy atom. The van der Waals surface area contributed by atoms with Crippen molar-refractivity contribution in [2.75, 3.05) is 4.90 Å². The van der Waals surface area contributed by atoms with Gasteiger partial charge in [-0.25, -0.2) is 0 Å². The molecule has 9 aromatic carbocycles. The van der Waals surface area contributed by atoms with E-state index in [0.717, 1.165) is 39.0 Å². The molecule has 11 aromatic rings. The fourth-order valence-corrected chi connectivity index (χ4v) is 9.10. The molecule has 2 nitrogen and oxygen atoms in total. The molecule has 0 amide bonds. The predicted molar refractivity (Wildman–Crippen MR) is 227 cm³/mol. The van der Waals surface area contributed by atoms with Crippen molar-refractivity contribution in [3.63, 3.8) is 0 Å². The molecular weight excluding hydrogens is 663 g/mol. The van der Waals surface area contributed by atoms with Crippen molar-refractivity contribution >= 4 is 92.1 Å². The largest absolute Gasteiger partial charge is 0.455 e. The van der Waals surface area contributed by atoms with Crippen LogP contribution in [0.4, 0.5) is 17.1 Å². The monoisotopic (exact) mass is 693 g/mol. The van der Waals surface area contributed by atoms with Crippen molar-refractivity contribution in [2.24, 2.45) is 0 Å². The highest BCUT2D eigenvalue weighted by atomic mass is 32.1. The van der Waals surface area contributed by atoms with Gasteiger partial charge in [-0.05, 0) is 111 Å². The maximum absolute atomic E-state index is 6.67. The summed E-state index contributed by atoms with van der Waals surface area (Å²) in [6.45, 7) is 0. The molecule has 2 heterocycles. The maximum Gasteiger partial charge on any atom is 0.144 e. The van der Waals surface area contributed by atoms with Gasteiger partial charge in [-0.2, -0.15) is 0 Å². The fourth-order valence-electron chi connectivity index (χ4n) is 7.96. The summed E-state index contributed by atoms with van der Waals surface area (Å²) < 4.78 is 9.13. The van der Waals surface area contributed by atoms with Crippen LogP contribution in [0.2, 0.25) is 0 Å². The van der Waals surface area contributed by atoms with Gasteiger partial charge in [0, 0.05) is 48.0 Å². The molecule has 3 heteroatoms. The molecule has 0 aliphatic carbocycles. The number of rotatable bonds is 5. The van der Waals surface area contributed by atoms with Crippen LogP contribution >= 0.6 is 11.3 Å². The van der Waals surface area contributed by atoms with E-state index >= 15 is 0 Å². The van der Waals surface area contributed by atoms with E-state index in [9.17, 15) is 0 Å². The van der Waals surface area contributed by atoms with Crippen LogP contribution in [0.25, 0.3) is 85.9 Å². The summed E-state index contributed by atoms with van der Waals surface area (Å²) in [5, 5.41) is 9.65. The van der Waals surface area contributed by atoms with E-state index in [1.165, 1.54) is 64.0 Å². The minimum atomic E-state index is 0.930. The van der Waals surface area contributed by atoms with Gasteiger partial charge in [-0.15, -0.1) is 11.3 Å². The van der Waals surface area contributed by atoms with Gasteiger partial charge in [-0.3, -0.25) is 0 Å². The fraction of sp³-hybridized carbons (Fsp3) is 0. The molecule has 0 saturated heterocycles. The molecule has 248 valence electrons. The molecule has 53 heavy (non-hydrogen) atoms. The first-order valence-electron chi connectivity index (χ1n) is 18.0. The maximum atomic E-state index is 6.67. The summed E-state index contributed by atoms with van der Waals surface area (Å²) in [6, 6.07) is 68.0. The third-order valence-electron chi connectivity index (χ3n) is 10.6. The van der Waals surface area contributed by atoms with E-state index in [1.807, 2.05) is 11.3 Å². The minimum absolute atomic E-state index is 0.930. The molecule has 0 atom stereocenters. The normalized spacial score (nSPS) is 11.8. The van der Waals surface area contributed by atoms with E-state index < -0.39 is 0 Å². The first-order chi connectivity index (χ1) is 26.2. The third kappa shape index (κ3) is 5.01. The Bertz CT molecular complexity index is 3150. The van der Waals surface area contributed by atoms with Crippen LogP contribution in [-0.4, -0.2) is 0 Å². The molecule has 11 rings (SSSR count). The predicted octanol–water partition coefficient (Wildman–Crippen LogP) is 15.1. The zero-order chi connectivity index (χ0) is 34.9. The molecule has 0 aliphatic heterocycles.